The summed E-state index contributed by atoms with van der Waals surface area (Å²) in [5.41, 5.74) is 3.56. The van der Waals surface area contributed by atoms with Gasteiger partial charge >= 0.3 is 0 Å². The Morgan fingerprint density at radius 1 is 0.806 bits per heavy atom. The maximum atomic E-state index is 12.4. The van der Waals surface area contributed by atoms with Crippen LogP contribution in [-0.4, -0.2) is 14.1 Å². The van der Waals surface area contributed by atoms with Gasteiger partial charge in [-0.1, -0.05) is 106 Å². The van der Waals surface area contributed by atoms with Gasteiger partial charge in [-0.2, -0.15) is 0 Å². The first-order chi connectivity index (χ1) is 14.9. The molecule has 0 heterocycles. The van der Waals surface area contributed by atoms with E-state index >= 15 is 0 Å². The van der Waals surface area contributed by atoms with Crippen LogP contribution in [0.3, 0.4) is 0 Å². The summed E-state index contributed by atoms with van der Waals surface area (Å²) in [6.45, 7) is 6.91. The molecule has 5 rings (SSSR count). The summed E-state index contributed by atoms with van der Waals surface area (Å²) < 4.78 is 7.47. The van der Waals surface area contributed by atoms with E-state index < -0.39 is 8.32 Å². The lowest BCUT2D eigenvalue weighted by Gasteiger charge is -2.45. The van der Waals surface area contributed by atoms with E-state index in [9.17, 15) is 4.79 Å². The molecule has 0 saturated heterocycles. The normalized spacial score (nSPS) is 20.4. The zero-order valence-corrected chi connectivity index (χ0v) is 19.3. The van der Waals surface area contributed by atoms with Crippen molar-refractivity contribution in [1.29, 1.82) is 0 Å². The fraction of sp³-hybridized carbons (Fsp3) is 0.250. The second kappa shape index (κ2) is 7.43. The molecule has 0 fully saturated rings. The van der Waals surface area contributed by atoms with E-state index in [0.29, 0.717) is 6.42 Å². The number of carbonyl (C=O) groups is 1. The van der Waals surface area contributed by atoms with Gasteiger partial charge in [-0.15, -0.1) is 0 Å². The fourth-order valence-electron chi connectivity index (χ4n) is 5.47. The Bertz CT molecular complexity index is 1100. The molecule has 0 spiro atoms. The van der Waals surface area contributed by atoms with Crippen molar-refractivity contribution in [3.05, 3.63) is 102 Å². The minimum atomic E-state index is -2.70. The molecule has 0 radical (unpaired) electrons. The highest BCUT2D eigenvalue weighted by Gasteiger charge is 2.54. The average molecular weight is 425 g/mol. The lowest BCUT2D eigenvalue weighted by molar-refractivity contribution is -0.114. The third kappa shape index (κ3) is 3.15. The van der Waals surface area contributed by atoms with Crippen LogP contribution in [-0.2, 0) is 9.22 Å². The highest BCUT2D eigenvalue weighted by atomic mass is 28.4. The zero-order chi connectivity index (χ0) is 21.6. The molecule has 0 bridgehead atoms. The molecule has 3 heteroatoms. The average Bonchev–Trinajstić information content (AvgIpc) is 3.28. The van der Waals surface area contributed by atoms with Crippen LogP contribution >= 0.6 is 0 Å². The van der Waals surface area contributed by atoms with Crippen molar-refractivity contribution >= 4 is 30.0 Å². The summed E-state index contributed by atoms with van der Waals surface area (Å²) >= 11 is 0. The van der Waals surface area contributed by atoms with Crippen LogP contribution in [0.15, 0.2) is 91.0 Å². The Labute approximate surface area is 185 Å². The van der Waals surface area contributed by atoms with Gasteiger partial charge in [-0.3, -0.25) is 4.79 Å². The van der Waals surface area contributed by atoms with Crippen LogP contribution in [0.4, 0.5) is 0 Å². The summed E-state index contributed by atoms with van der Waals surface area (Å²) in [5, 5.41) is 2.44. The maximum Gasteiger partial charge on any atom is 0.261 e. The van der Waals surface area contributed by atoms with E-state index in [1.807, 2.05) is 6.08 Å². The quantitative estimate of drug-likeness (QED) is 0.532. The van der Waals surface area contributed by atoms with Crippen LogP contribution in [0, 0.1) is 5.92 Å². The van der Waals surface area contributed by atoms with Crippen molar-refractivity contribution in [3.63, 3.8) is 0 Å². The SMILES string of the molecule is CC(C)(C)[Si](OC1c2ccccc2C2=CC(=O)CC21)(c1ccccc1)c1ccccc1. The molecular formula is C28H28O2Si. The monoisotopic (exact) mass is 424 g/mol. The van der Waals surface area contributed by atoms with Gasteiger partial charge in [0.2, 0.25) is 0 Å². The number of rotatable bonds is 4. The molecule has 3 aromatic carbocycles. The van der Waals surface area contributed by atoms with E-state index in [2.05, 4.69) is 106 Å². The maximum absolute atomic E-state index is 12.4. The molecular weight excluding hydrogens is 396 g/mol. The highest BCUT2D eigenvalue weighted by Crippen LogP contribution is 2.53. The topological polar surface area (TPSA) is 26.3 Å². The van der Waals surface area contributed by atoms with Gasteiger partial charge in [-0.05, 0) is 38.2 Å². The standard InChI is InChI=1S/C28H28O2Si/c1-28(2,3)31(21-12-6-4-7-13-21,22-14-8-5-9-15-22)30-27-24-17-11-10-16-23(24)25-18-20(29)19-26(25)27/h4-18,26-27H,19H2,1-3H3. The Morgan fingerprint density at radius 3 is 1.94 bits per heavy atom. The van der Waals surface area contributed by atoms with Gasteiger partial charge in [-0.25, -0.2) is 0 Å². The lowest BCUT2D eigenvalue weighted by atomic mass is 10.0. The van der Waals surface area contributed by atoms with Crippen molar-refractivity contribution in [2.75, 3.05) is 0 Å². The number of fused-ring (bicyclic) bond motifs is 3. The number of hydrogen-bond acceptors (Lipinski definition) is 2. The van der Waals surface area contributed by atoms with Crippen LogP contribution in [0.2, 0.25) is 5.04 Å². The minimum absolute atomic E-state index is 0.0975. The number of carbonyl (C=O) groups excluding carboxylic acids is 1. The molecule has 156 valence electrons. The smallest absolute Gasteiger partial charge is 0.261 e. The van der Waals surface area contributed by atoms with Gasteiger partial charge in [0.25, 0.3) is 8.32 Å². The van der Waals surface area contributed by atoms with Crippen LogP contribution in [0.1, 0.15) is 44.4 Å². The molecule has 2 unspecified atom stereocenters. The molecule has 0 aliphatic heterocycles. The summed E-state index contributed by atoms with van der Waals surface area (Å²) in [5.74, 6) is 0.317. The molecule has 31 heavy (non-hydrogen) atoms. The molecule has 2 atom stereocenters. The largest absolute Gasteiger partial charge is 0.400 e. The van der Waals surface area contributed by atoms with Crippen LogP contribution in [0.25, 0.3) is 5.57 Å². The lowest BCUT2D eigenvalue weighted by Crippen LogP contribution is -2.67. The van der Waals surface area contributed by atoms with E-state index in [0.717, 1.165) is 5.57 Å². The molecule has 2 nitrogen and oxygen atoms in total. The van der Waals surface area contributed by atoms with Crippen molar-refractivity contribution < 1.29 is 9.22 Å². The van der Waals surface area contributed by atoms with Gasteiger partial charge in [0, 0.05) is 12.3 Å². The van der Waals surface area contributed by atoms with Gasteiger partial charge in [0.15, 0.2) is 5.78 Å². The predicted octanol–water partition coefficient (Wildman–Crippen LogP) is 5.29. The van der Waals surface area contributed by atoms with Crippen LogP contribution in [0.5, 0.6) is 0 Å². The predicted molar refractivity (Wildman–Crippen MR) is 129 cm³/mol. The summed E-state index contributed by atoms with van der Waals surface area (Å²) in [7, 11) is -2.70. The van der Waals surface area contributed by atoms with Crippen molar-refractivity contribution in [3.8, 4) is 0 Å². The number of hydrogen-bond donors (Lipinski definition) is 0. The van der Waals surface area contributed by atoms with Crippen LogP contribution < -0.4 is 10.4 Å². The Morgan fingerprint density at radius 2 is 1.35 bits per heavy atom. The number of allylic oxidation sites excluding steroid dienone is 1. The fourth-order valence-corrected chi connectivity index (χ4v) is 10.2. The van der Waals surface area contributed by atoms with Crippen molar-refractivity contribution in [1.82, 2.24) is 0 Å². The van der Waals surface area contributed by atoms with E-state index in [1.165, 1.54) is 21.5 Å². The molecule has 0 saturated carbocycles. The van der Waals surface area contributed by atoms with Crippen molar-refractivity contribution in [2.45, 2.75) is 38.3 Å². The summed E-state index contributed by atoms with van der Waals surface area (Å²) in [4.78, 5) is 12.4. The third-order valence-corrected chi connectivity index (χ3v) is 11.8. The van der Waals surface area contributed by atoms with E-state index in [1.54, 1.807) is 0 Å². The molecule has 0 N–H and O–H groups in total. The second-order valence-corrected chi connectivity index (χ2v) is 13.9. The molecule has 0 amide bonds. The first-order valence-corrected chi connectivity index (χ1v) is 13.0. The Hall–Kier alpha value is -2.75. The highest BCUT2D eigenvalue weighted by molar-refractivity contribution is 6.99. The summed E-state index contributed by atoms with van der Waals surface area (Å²) in [6, 6.07) is 30.0. The Kier molecular flexibility index (Phi) is 4.84. The Balaban J connectivity index is 1.72. The zero-order valence-electron chi connectivity index (χ0n) is 18.3. The third-order valence-electron chi connectivity index (χ3n) is 6.80. The van der Waals surface area contributed by atoms with Gasteiger partial charge in [0.1, 0.15) is 0 Å². The van der Waals surface area contributed by atoms with Gasteiger partial charge < -0.3 is 4.43 Å². The molecule has 2 aliphatic carbocycles. The second-order valence-electron chi connectivity index (χ2n) is 9.67. The van der Waals surface area contributed by atoms with E-state index in [-0.39, 0.29) is 22.8 Å². The van der Waals surface area contributed by atoms with Gasteiger partial charge in [0.05, 0.1) is 6.10 Å². The first kappa shape index (κ1) is 20.2. The molecule has 3 aromatic rings. The van der Waals surface area contributed by atoms with E-state index in [4.69, 9.17) is 4.43 Å². The number of ketones is 1. The summed E-state index contributed by atoms with van der Waals surface area (Å²) in [6.07, 6.45) is 2.27. The van der Waals surface area contributed by atoms with Crippen molar-refractivity contribution in [2.24, 2.45) is 5.92 Å². The first-order valence-electron chi connectivity index (χ1n) is 11.0. The molecule has 0 aromatic heterocycles. The molecule has 2 aliphatic rings. The number of benzene rings is 3. The minimum Gasteiger partial charge on any atom is -0.400 e.